The summed E-state index contributed by atoms with van der Waals surface area (Å²) in [4.78, 5) is 14.9. The van der Waals surface area contributed by atoms with Crippen LogP contribution in [0.4, 0.5) is 5.69 Å². The average molecular weight is 419 g/mol. The number of anilines is 1. The zero-order valence-corrected chi connectivity index (χ0v) is 19.0. The number of ether oxygens (including phenoxy) is 1. The number of hydrogen-bond donors (Lipinski definition) is 1. The molecule has 4 nitrogen and oxygen atoms in total. The first-order valence-corrected chi connectivity index (χ1v) is 11.6. The Morgan fingerprint density at radius 1 is 1.06 bits per heavy atom. The standard InChI is InChI=1S/C27H34N2O2/c1-4-5-6-11-20-31-24-15-10-7-12-21(24)16-18-27-26(2,3)22-13-8-9-14-23(22)29(27)19-17-25(30)28-27/h7-10,12-16,18H,4-6,11,17,19-20H2,1-3H3,(H,28,30)/b18-16+. The first kappa shape index (κ1) is 21.5. The second kappa shape index (κ2) is 8.78. The van der Waals surface area contributed by atoms with Gasteiger partial charge in [-0.2, -0.15) is 0 Å². The van der Waals surface area contributed by atoms with Gasteiger partial charge in [-0.1, -0.05) is 82.5 Å². The second-order valence-corrected chi connectivity index (χ2v) is 9.14. The van der Waals surface area contributed by atoms with Crippen molar-refractivity contribution in [2.75, 3.05) is 18.1 Å². The van der Waals surface area contributed by atoms with E-state index >= 15 is 0 Å². The lowest BCUT2D eigenvalue weighted by Gasteiger charge is -2.49. The summed E-state index contributed by atoms with van der Waals surface area (Å²) >= 11 is 0. The average Bonchev–Trinajstić information content (AvgIpc) is 2.97. The number of amides is 1. The monoisotopic (exact) mass is 418 g/mol. The first-order valence-electron chi connectivity index (χ1n) is 11.6. The van der Waals surface area contributed by atoms with Crippen LogP contribution in [-0.4, -0.2) is 24.7 Å². The second-order valence-electron chi connectivity index (χ2n) is 9.14. The molecule has 2 aliphatic rings. The first-order chi connectivity index (χ1) is 15.0. The number of para-hydroxylation sites is 2. The molecule has 0 radical (unpaired) electrons. The summed E-state index contributed by atoms with van der Waals surface area (Å²) in [6.45, 7) is 8.11. The highest BCUT2D eigenvalue weighted by atomic mass is 16.5. The van der Waals surface area contributed by atoms with Crippen LogP contribution in [0.3, 0.4) is 0 Å². The molecule has 2 heterocycles. The van der Waals surface area contributed by atoms with Crippen LogP contribution in [0.2, 0.25) is 0 Å². The van der Waals surface area contributed by atoms with Crippen molar-refractivity contribution in [2.45, 2.75) is 64.0 Å². The van der Waals surface area contributed by atoms with Crippen molar-refractivity contribution >= 4 is 17.7 Å². The van der Waals surface area contributed by atoms with Crippen LogP contribution in [0.25, 0.3) is 6.08 Å². The van der Waals surface area contributed by atoms with Crippen LogP contribution < -0.4 is 15.0 Å². The van der Waals surface area contributed by atoms with Gasteiger partial charge in [0.05, 0.1) is 6.61 Å². The molecule has 0 aromatic heterocycles. The van der Waals surface area contributed by atoms with Gasteiger partial charge in [-0.25, -0.2) is 0 Å². The van der Waals surface area contributed by atoms with Gasteiger partial charge in [-0.3, -0.25) is 4.79 Å². The maximum atomic E-state index is 12.6. The molecular weight excluding hydrogens is 384 g/mol. The Kier molecular flexibility index (Phi) is 6.08. The van der Waals surface area contributed by atoms with E-state index in [1.807, 2.05) is 18.2 Å². The summed E-state index contributed by atoms with van der Waals surface area (Å²) in [7, 11) is 0. The van der Waals surface area contributed by atoms with Crippen LogP contribution >= 0.6 is 0 Å². The molecule has 164 valence electrons. The van der Waals surface area contributed by atoms with Crippen LogP contribution in [0.5, 0.6) is 5.75 Å². The fraction of sp³-hybridized carbons (Fsp3) is 0.444. The predicted octanol–water partition coefficient (Wildman–Crippen LogP) is 5.67. The van der Waals surface area contributed by atoms with E-state index in [1.165, 1.54) is 30.5 Å². The number of unbranched alkanes of at least 4 members (excludes halogenated alkanes) is 3. The summed E-state index contributed by atoms with van der Waals surface area (Å²) in [6.07, 6.45) is 9.54. The van der Waals surface area contributed by atoms with E-state index < -0.39 is 5.66 Å². The lowest BCUT2D eigenvalue weighted by molar-refractivity contribution is -0.124. The SMILES string of the molecule is CCCCCCOc1ccccc1/C=C/C12NC(=O)CCN1c1ccccc1C2(C)C. The van der Waals surface area contributed by atoms with E-state index in [4.69, 9.17) is 4.74 Å². The Morgan fingerprint density at radius 2 is 1.84 bits per heavy atom. The smallest absolute Gasteiger partial charge is 0.223 e. The van der Waals surface area contributed by atoms with Crippen LogP contribution in [-0.2, 0) is 10.2 Å². The van der Waals surface area contributed by atoms with Gasteiger partial charge in [0, 0.05) is 29.6 Å². The van der Waals surface area contributed by atoms with Crippen molar-refractivity contribution in [1.82, 2.24) is 5.32 Å². The molecule has 0 saturated carbocycles. The molecule has 1 N–H and O–H groups in total. The third-order valence-corrected chi connectivity index (χ3v) is 6.82. The lowest BCUT2D eigenvalue weighted by Crippen LogP contribution is -2.68. The highest BCUT2D eigenvalue weighted by Gasteiger charge is 2.57. The minimum Gasteiger partial charge on any atom is -0.493 e. The zero-order valence-electron chi connectivity index (χ0n) is 19.0. The van der Waals surface area contributed by atoms with Crippen molar-refractivity contribution in [3.63, 3.8) is 0 Å². The van der Waals surface area contributed by atoms with Gasteiger partial charge in [0.2, 0.25) is 5.91 Å². The summed E-state index contributed by atoms with van der Waals surface area (Å²) < 4.78 is 6.12. The third-order valence-electron chi connectivity index (χ3n) is 6.82. The molecular formula is C27H34N2O2. The fourth-order valence-electron chi connectivity index (χ4n) is 4.99. The van der Waals surface area contributed by atoms with Gasteiger partial charge in [0.25, 0.3) is 0 Å². The maximum absolute atomic E-state index is 12.6. The van der Waals surface area contributed by atoms with E-state index in [0.717, 1.165) is 24.3 Å². The number of hydrogen-bond acceptors (Lipinski definition) is 3. The predicted molar refractivity (Wildman–Crippen MR) is 127 cm³/mol. The Balaban J connectivity index is 1.64. The normalized spacial score (nSPS) is 21.6. The Labute approximate surface area is 186 Å². The third kappa shape index (κ3) is 3.84. The molecule has 2 aromatic rings. The van der Waals surface area contributed by atoms with E-state index in [9.17, 15) is 4.79 Å². The van der Waals surface area contributed by atoms with Gasteiger partial charge in [0.1, 0.15) is 11.4 Å². The molecule has 2 aromatic carbocycles. The van der Waals surface area contributed by atoms with Crippen molar-refractivity contribution in [3.05, 3.63) is 65.7 Å². The van der Waals surface area contributed by atoms with Crippen molar-refractivity contribution in [3.8, 4) is 5.75 Å². The minimum atomic E-state index is -0.597. The van der Waals surface area contributed by atoms with Crippen molar-refractivity contribution in [2.24, 2.45) is 0 Å². The number of carbonyl (C=O) groups is 1. The van der Waals surface area contributed by atoms with Crippen LogP contribution in [0.15, 0.2) is 54.6 Å². The summed E-state index contributed by atoms with van der Waals surface area (Å²) in [5, 5.41) is 3.34. The number of nitrogens with zero attached hydrogens (tertiary/aromatic N) is 1. The Morgan fingerprint density at radius 3 is 2.68 bits per heavy atom. The highest BCUT2D eigenvalue weighted by Crippen LogP contribution is 2.52. The van der Waals surface area contributed by atoms with Gasteiger partial charge < -0.3 is 15.0 Å². The molecule has 1 fully saturated rings. The van der Waals surface area contributed by atoms with Gasteiger partial charge >= 0.3 is 0 Å². The molecule has 0 spiro atoms. The molecule has 0 aliphatic carbocycles. The largest absolute Gasteiger partial charge is 0.493 e. The number of rotatable bonds is 8. The quantitative estimate of drug-likeness (QED) is 0.561. The summed E-state index contributed by atoms with van der Waals surface area (Å²) in [5.74, 6) is 0.996. The van der Waals surface area contributed by atoms with Crippen molar-refractivity contribution in [1.29, 1.82) is 0 Å². The molecule has 31 heavy (non-hydrogen) atoms. The number of fused-ring (bicyclic) bond motifs is 3. The van der Waals surface area contributed by atoms with Gasteiger partial charge in [0.15, 0.2) is 0 Å². The Hall–Kier alpha value is -2.75. The number of carbonyl (C=O) groups excluding carboxylic acids is 1. The fourth-order valence-corrected chi connectivity index (χ4v) is 4.99. The zero-order chi connectivity index (χ0) is 21.9. The number of nitrogens with one attached hydrogen (secondary N) is 1. The van der Waals surface area contributed by atoms with E-state index in [2.05, 4.69) is 73.5 Å². The molecule has 1 unspecified atom stereocenters. The molecule has 1 atom stereocenters. The highest BCUT2D eigenvalue weighted by molar-refractivity contribution is 5.84. The summed E-state index contributed by atoms with van der Waals surface area (Å²) in [5.41, 5.74) is 2.64. The molecule has 1 saturated heterocycles. The van der Waals surface area contributed by atoms with Gasteiger partial charge in [-0.15, -0.1) is 0 Å². The molecule has 2 aliphatic heterocycles. The van der Waals surface area contributed by atoms with E-state index in [-0.39, 0.29) is 11.3 Å². The minimum absolute atomic E-state index is 0.0993. The maximum Gasteiger partial charge on any atom is 0.223 e. The number of benzene rings is 2. The van der Waals surface area contributed by atoms with Crippen molar-refractivity contribution < 1.29 is 9.53 Å². The van der Waals surface area contributed by atoms with Gasteiger partial charge in [-0.05, 0) is 30.2 Å². The molecule has 1 amide bonds. The van der Waals surface area contributed by atoms with Crippen LogP contribution in [0.1, 0.15) is 64.0 Å². The molecule has 4 heteroatoms. The molecule has 0 bridgehead atoms. The van der Waals surface area contributed by atoms with Crippen LogP contribution in [0, 0.1) is 0 Å². The van der Waals surface area contributed by atoms with E-state index in [1.54, 1.807) is 0 Å². The topological polar surface area (TPSA) is 41.6 Å². The Bertz CT molecular complexity index is 965. The van der Waals surface area contributed by atoms with E-state index in [0.29, 0.717) is 13.0 Å². The summed E-state index contributed by atoms with van der Waals surface area (Å²) in [6, 6.07) is 16.7. The lowest BCUT2D eigenvalue weighted by atomic mass is 9.74. The molecule has 4 rings (SSSR count).